The molecule has 0 fully saturated rings. The third-order valence-electron chi connectivity index (χ3n) is 2.52. The molecule has 0 rings (SSSR count). The van der Waals surface area contributed by atoms with E-state index >= 15 is 0 Å². The fourth-order valence-electron chi connectivity index (χ4n) is 1.10. The van der Waals surface area contributed by atoms with Crippen molar-refractivity contribution in [3.8, 4) is 0 Å². The zero-order valence-electron chi connectivity index (χ0n) is 11.1. The molecule has 0 aliphatic rings. The third-order valence-corrected chi connectivity index (χ3v) is 4.12. The first-order valence-corrected chi connectivity index (χ1v) is 6.93. The van der Waals surface area contributed by atoms with Crippen LogP contribution in [0.25, 0.3) is 0 Å². The van der Waals surface area contributed by atoms with E-state index in [1.807, 2.05) is 20.8 Å². The minimum atomic E-state index is -3.59. The van der Waals surface area contributed by atoms with Gasteiger partial charge < -0.3 is 10.2 Å². The average Bonchev–Trinajstić information content (AvgIpc) is 2.14. The van der Waals surface area contributed by atoms with E-state index in [1.165, 1.54) is 14.1 Å². The second-order valence-corrected chi connectivity index (χ2v) is 7.32. The Morgan fingerprint density at radius 3 is 2.06 bits per heavy atom. The fourth-order valence-corrected chi connectivity index (χ4v) is 1.90. The molecule has 0 radical (unpaired) electrons. The molecule has 2 atom stereocenters. The third kappa shape index (κ3) is 5.78. The normalized spacial score (nSPS) is 17.2. The van der Waals surface area contributed by atoms with Gasteiger partial charge in [0.15, 0.2) is 0 Å². The van der Waals surface area contributed by atoms with Crippen LogP contribution >= 0.6 is 0 Å². The van der Waals surface area contributed by atoms with Crippen LogP contribution in [0, 0.1) is 5.41 Å². The first-order valence-electron chi connectivity index (χ1n) is 5.49. The minimum Gasteiger partial charge on any atom is -0.395 e. The standard InChI is InChI=1S/C10H24N2O4S/c1-10(2,3)9(14)6-8(7-13)11-17(15,16)12(4)5/h8-9,11,13-14H,6-7H2,1-5H3/t8-,9-/m1/s1. The number of aliphatic hydroxyl groups excluding tert-OH is 2. The number of hydrogen-bond acceptors (Lipinski definition) is 4. The minimum absolute atomic E-state index is 0.174. The molecule has 0 heterocycles. The van der Waals surface area contributed by atoms with Crippen LogP contribution in [0.3, 0.4) is 0 Å². The molecule has 6 nitrogen and oxygen atoms in total. The Hall–Kier alpha value is -0.210. The largest absolute Gasteiger partial charge is 0.395 e. The summed E-state index contributed by atoms with van der Waals surface area (Å²) < 4.78 is 26.5. The van der Waals surface area contributed by atoms with Crippen molar-refractivity contribution in [1.82, 2.24) is 9.03 Å². The van der Waals surface area contributed by atoms with E-state index in [4.69, 9.17) is 5.11 Å². The summed E-state index contributed by atoms with van der Waals surface area (Å²) in [6.07, 6.45) is -0.517. The van der Waals surface area contributed by atoms with E-state index in [9.17, 15) is 13.5 Å². The summed E-state index contributed by atoms with van der Waals surface area (Å²) in [5, 5.41) is 19.0. The Kier molecular flexibility index (Phi) is 6.03. The second kappa shape index (κ2) is 6.10. The highest BCUT2D eigenvalue weighted by Gasteiger charge is 2.27. The van der Waals surface area contributed by atoms with Crippen LogP contribution < -0.4 is 4.72 Å². The van der Waals surface area contributed by atoms with Crippen LogP contribution in [0.2, 0.25) is 0 Å². The van der Waals surface area contributed by atoms with Gasteiger partial charge in [-0.05, 0) is 11.8 Å². The van der Waals surface area contributed by atoms with Crippen LogP contribution in [-0.2, 0) is 10.2 Å². The Balaban J connectivity index is 4.57. The maximum absolute atomic E-state index is 11.6. The van der Waals surface area contributed by atoms with Gasteiger partial charge >= 0.3 is 0 Å². The van der Waals surface area contributed by atoms with Gasteiger partial charge in [0, 0.05) is 20.1 Å². The first kappa shape index (κ1) is 16.8. The molecule has 0 aromatic heterocycles. The molecule has 0 amide bonds. The zero-order valence-corrected chi connectivity index (χ0v) is 12.0. The first-order chi connectivity index (χ1) is 7.50. The van der Waals surface area contributed by atoms with Gasteiger partial charge in [-0.1, -0.05) is 20.8 Å². The molecule has 17 heavy (non-hydrogen) atoms. The lowest BCUT2D eigenvalue weighted by molar-refractivity contribution is 0.0419. The molecule has 0 saturated carbocycles. The van der Waals surface area contributed by atoms with E-state index in [0.717, 1.165) is 4.31 Å². The highest BCUT2D eigenvalue weighted by atomic mass is 32.2. The van der Waals surface area contributed by atoms with Crippen molar-refractivity contribution >= 4 is 10.2 Å². The lowest BCUT2D eigenvalue weighted by Gasteiger charge is -2.29. The summed E-state index contributed by atoms with van der Waals surface area (Å²) in [5.74, 6) is 0. The lowest BCUT2D eigenvalue weighted by Crippen LogP contribution is -2.46. The number of nitrogens with zero attached hydrogens (tertiary/aromatic N) is 1. The molecule has 0 unspecified atom stereocenters. The van der Waals surface area contributed by atoms with Gasteiger partial charge in [0.2, 0.25) is 0 Å². The SMILES string of the molecule is CN(C)S(=O)(=O)N[C@@H](CO)C[C@@H](O)C(C)(C)C. The Morgan fingerprint density at radius 2 is 1.76 bits per heavy atom. The molecule has 7 heteroatoms. The number of nitrogens with one attached hydrogen (secondary N) is 1. The summed E-state index contributed by atoms with van der Waals surface area (Å²) in [6, 6.07) is -0.684. The topological polar surface area (TPSA) is 89.9 Å². The van der Waals surface area contributed by atoms with E-state index in [0.29, 0.717) is 0 Å². The van der Waals surface area contributed by atoms with Gasteiger partial charge in [-0.2, -0.15) is 17.4 Å². The molecule has 0 bridgehead atoms. The van der Waals surface area contributed by atoms with Gasteiger partial charge in [-0.25, -0.2) is 0 Å². The maximum atomic E-state index is 11.6. The van der Waals surface area contributed by atoms with Gasteiger partial charge in [0.05, 0.1) is 12.7 Å². The van der Waals surface area contributed by atoms with Crippen molar-refractivity contribution in [2.75, 3.05) is 20.7 Å². The van der Waals surface area contributed by atoms with Crippen molar-refractivity contribution in [3.05, 3.63) is 0 Å². The average molecular weight is 268 g/mol. The summed E-state index contributed by atoms with van der Waals surface area (Å²) in [7, 11) is -0.789. The smallest absolute Gasteiger partial charge is 0.279 e. The molecule has 104 valence electrons. The molecule has 3 N–H and O–H groups in total. The van der Waals surface area contributed by atoms with Crippen molar-refractivity contribution < 1.29 is 18.6 Å². The van der Waals surface area contributed by atoms with Gasteiger partial charge in [-0.15, -0.1) is 0 Å². The maximum Gasteiger partial charge on any atom is 0.279 e. The fraction of sp³-hybridized carbons (Fsp3) is 1.00. The Morgan fingerprint density at radius 1 is 1.29 bits per heavy atom. The molecule has 0 aromatic rings. The van der Waals surface area contributed by atoms with E-state index < -0.39 is 22.4 Å². The van der Waals surface area contributed by atoms with Crippen molar-refractivity contribution in [1.29, 1.82) is 0 Å². The predicted octanol–water partition coefficient (Wildman–Crippen LogP) is -0.460. The van der Waals surface area contributed by atoms with E-state index in [2.05, 4.69) is 4.72 Å². The molecule has 0 aromatic carbocycles. The predicted molar refractivity (Wildman–Crippen MR) is 66.7 cm³/mol. The van der Waals surface area contributed by atoms with Crippen LogP contribution in [0.15, 0.2) is 0 Å². The van der Waals surface area contributed by atoms with Crippen LogP contribution in [0.1, 0.15) is 27.2 Å². The second-order valence-electron chi connectivity index (χ2n) is 5.40. The summed E-state index contributed by atoms with van der Waals surface area (Å²) in [6.45, 7) is 5.21. The summed E-state index contributed by atoms with van der Waals surface area (Å²) in [4.78, 5) is 0. The monoisotopic (exact) mass is 268 g/mol. The van der Waals surface area contributed by atoms with Gasteiger partial charge in [-0.3, -0.25) is 0 Å². The van der Waals surface area contributed by atoms with Crippen molar-refractivity contribution in [3.63, 3.8) is 0 Å². The Labute approximate surface area is 104 Å². The molecular formula is C10H24N2O4S. The molecule has 0 spiro atoms. The van der Waals surface area contributed by atoms with Crippen LogP contribution in [0.5, 0.6) is 0 Å². The molecular weight excluding hydrogens is 244 g/mol. The number of aliphatic hydroxyl groups is 2. The van der Waals surface area contributed by atoms with Gasteiger partial charge in [0.25, 0.3) is 10.2 Å². The van der Waals surface area contributed by atoms with Crippen molar-refractivity contribution in [2.45, 2.75) is 39.3 Å². The van der Waals surface area contributed by atoms with Crippen molar-refractivity contribution in [2.24, 2.45) is 5.41 Å². The molecule has 0 saturated heterocycles. The van der Waals surface area contributed by atoms with Crippen LogP contribution in [0.4, 0.5) is 0 Å². The summed E-state index contributed by atoms with van der Waals surface area (Å²) in [5.41, 5.74) is -0.350. The lowest BCUT2D eigenvalue weighted by atomic mass is 9.86. The summed E-state index contributed by atoms with van der Waals surface area (Å²) >= 11 is 0. The van der Waals surface area contributed by atoms with Crippen LogP contribution in [-0.4, -0.2) is 55.8 Å². The molecule has 0 aliphatic carbocycles. The quantitative estimate of drug-likeness (QED) is 0.608. The Bertz CT molecular complexity index is 322. The van der Waals surface area contributed by atoms with Gasteiger partial charge in [0.1, 0.15) is 0 Å². The highest BCUT2D eigenvalue weighted by Crippen LogP contribution is 2.22. The number of hydrogen-bond donors (Lipinski definition) is 3. The highest BCUT2D eigenvalue weighted by molar-refractivity contribution is 7.87. The van der Waals surface area contributed by atoms with E-state index in [-0.39, 0.29) is 18.4 Å². The van der Waals surface area contributed by atoms with E-state index in [1.54, 1.807) is 0 Å². The zero-order chi connectivity index (χ0) is 13.9. The molecule has 0 aliphatic heterocycles. The number of rotatable bonds is 6.